The van der Waals surface area contributed by atoms with Crippen molar-refractivity contribution in [3.63, 3.8) is 0 Å². The summed E-state index contributed by atoms with van der Waals surface area (Å²) in [6.45, 7) is 2.15. The zero-order chi connectivity index (χ0) is 14.2. The molecule has 1 aliphatic carbocycles. The third kappa shape index (κ3) is 2.82. The fourth-order valence-electron chi connectivity index (χ4n) is 3.93. The van der Waals surface area contributed by atoms with Gasteiger partial charge < -0.3 is 4.42 Å². The Balaban J connectivity index is 1.58. The molecule has 0 spiro atoms. The summed E-state index contributed by atoms with van der Waals surface area (Å²) < 4.78 is 6.54. The Bertz CT molecular complexity index is 636. The first kappa shape index (κ1) is 13.6. The van der Waals surface area contributed by atoms with Gasteiger partial charge in [0, 0.05) is 12.6 Å². The lowest BCUT2D eigenvalue weighted by molar-refractivity contribution is 0.0864. The maximum atomic E-state index is 5.71. The van der Waals surface area contributed by atoms with Crippen LogP contribution in [-0.4, -0.2) is 17.5 Å². The van der Waals surface area contributed by atoms with Crippen LogP contribution in [0.5, 0.6) is 0 Å². The summed E-state index contributed by atoms with van der Waals surface area (Å²) in [6, 6.07) is 13.7. The van der Waals surface area contributed by atoms with E-state index in [1.165, 1.54) is 32.2 Å². The van der Waals surface area contributed by atoms with Gasteiger partial charge in [-0.05, 0) is 70.8 Å². The zero-order valence-corrected chi connectivity index (χ0v) is 13.7. The van der Waals surface area contributed by atoms with Crippen LogP contribution in [0.2, 0.25) is 0 Å². The minimum atomic E-state index is 0.659. The van der Waals surface area contributed by atoms with Crippen LogP contribution >= 0.6 is 15.9 Å². The van der Waals surface area contributed by atoms with Crippen LogP contribution in [0.1, 0.15) is 29.7 Å². The van der Waals surface area contributed by atoms with Gasteiger partial charge in [-0.15, -0.1) is 0 Å². The van der Waals surface area contributed by atoms with Gasteiger partial charge >= 0.3 is 0 Å². The molecule has 2 aromatic rings. The summed E-state index contributed by atoms with van der Waals surface area (Å²) in [5.41, 5.74) is 3.13. The summed E-state index contributed by atoms with van der Waals surface area (Å²) >= 11 is 3.40. The van der Waals surface area contributed by atoms with E-state index in [0.717, 1.165) is 22.9 Å². The number of fused-ring (bicyclic) bond motifs is 2. The normalized spacial score (nSPS) is 25.4. The highest BCUT2D eigenvalue weighted by Crippen LogP contribution is 2.33. The highest BCUT2D eigenvalue weighted by molar-refractivity contribution is 9.10. The summed E-state index contributed by atoms with van der Waals surface area (Å²) in [5, 5.41) is 0. The number of nitrogens with zero attached hydrogens (tertiary/aromatic N) is 1. The van der Waals surface area contributed by atoms with Gasteiger partial charge in [-0.3, -0.25) is 4.90 Å². The van der Waals surface area contributed by atoms with E-state index in [1.807, 2.05) is 6.07 Å². The average Bonchev–Trinajstić information content (AvgIpc) is 2.85. The van der Waals surface area contributed by atoms with E-state index in [9.17, 15) is 0 Å². The average molecular weight is 346 g/mol. The highest BCUT2D eigenvalue weighted by Gasteiger charge is 2.32. The second-order valence-corrected chi connectivity index (χ2v) is 7.19. The molecule has 3 heterocycles. The van der Waals surface area contributed by atoms with Crippen LogP contribution < -0.4 is 0 Å². The Hall–Kier alpha value is -1.06. The van der Waals surface area contributed by atoms with Gasteiger partial charge in [-0.1, -0.05) is 24.3 Å². The fourth-order valence-corrected chi connectivity index (χ4v) is 4.27. The van der Waals surface area contributed by atoms with Gasteiger partial charge in [0.05, 0.1) is 6.54 Å². The molecule has 2 atom stereocenters. The van der Waals surface area contributed by atoms with Gasteiger partial charge in [0.2, 0.25) is 0 Å². The molecule has 3 aliphatic rings. The van der Waals surface area contributed by atoms with Gasteiger partial charge in [-0.2, -0.15) is 0 Å². The molecule has 110 valence electrons. The van der Waals surface area contributed by atoms with E-state index in [-0.39, 0.29) is 0 Å². The molecule has 0 amide bonds. The van der Waals surface area contributed by atoms with Crippen LogP contribution in [0, 0.1) is 5.92 Å². The van der Waals surface area contributed by atoms with Gasteiger partial charge in [0.25, 0.3) is 0 Å². The quantitative estimate of drug-likeness (QED) is 0.800. The molecule has 0 saturated carbocycles. The standard InChI is InChI=1S/C18H20BrNO/c19-18-8-7-17(21-18)12-20-11-13-5-6-16(20)10-15-4-2-1-3-14(15)9-13/h1-4,7-8,13,16H,5-6,9-12H2/t13-,16-/m1/s1. The first-order valence-corrected chi connectivity index (χ1v) is 8.62. The second-order valence-electron chi connectivity index (χ2n) is 6.41. The predicted octanol–water partition coefficient (Wildman–Crippen LogP) is 4.42. The molecule has 1 saturated heterocycles. The molecule has 2 nitrogen and oxygen atoms in total. The van der Waals surface area contributed by atoms with Crippen molar-refractivity contribution in [3.8, 4) is 0 Å². The van der Waals surface area contributed by atoms with Crippen molar-refractivity contribution < 1.29 is 4.42 Å². The zero-order valence-electron chi connectivity index (χ0n) is 12.1. The first-order chi connectivity index (χ1) is 10.3. The van der Waals surface area contributed by atoms with Crippen molar-refractivity contribution in [3.05, 3.63) is 58.0 Å². The smallest absolute Gasteiger partial charge is 0.169 e. The molecule has 0 N–H and O–H groups in total. The molecule has 3 heteroatoms. The van der Waals surface area contributed by atoms with Crippen molar-refractivity contribution in [1.29, 1.82) is 0 Å². The number of rotatable bonds is 2. The Labute approximate surface area is 134 Å². The second kappa shape index (κ2) is 5.62. The van der Waals surface area contributed by atoms with Crippen LogP contribution in [0.15, 0.2) is 45.5 Å². The Morgan fingerprint density at radius 2 is 1.86 bits per heavy atom. The number of halogens is 1. The fraction of sp³-hybridized carbons (Fsp3) is 0.444. The predicted molar refractivity (Wildman–Crippen MR) is 87.2 cm³/mol. The molecule has 1 fully saturated rings. The lowest BCUT2D eigenvalue weighted by Crippen LogP contribution is -2.46. The molecule has 2 aliphatic heterocycles. The number of piperidine rings is 1. The summed E-state index contributed by atoms with van der Waals surface area (Å²) in [4.78, 5) is 2.63. The van der Waals surface area contributed by atoms with Crippen molar-refractivity contribution in [2.45, 2.75) is 38.3 Å². The lowest BCUT2D eigenvalue weighted by atomic mass is 9.80. The SMILES string of the molecule is Brc1ccc(CN2C[C@@H]3CC[C@@H]2Cc2ccccc2C3)o1. The van der Waals surface area contributed by atoms with Crippen molar-refractivity contribution in [2.75, 3.05) is 6.54 Å². The molecule has 1 aromatic heterocycles. The minimum absolute atomic E-state index is 0.659. The number of furan rings is 1. The van der Waals surface area contributed by atoms with Crippen molar-refractivity contribution in [1.82, 2.24) is 4.90 Å². The van der Waals surface area contributed by atoms with Crippen LogP contribution in [0.25, 0.3) is 0 Å². The van der Waals surface area contributed by atoms with Gasteiger partial charge in [0.15, 0.2) is 4.67 Å². The Kier molecular flexibility index (Phi) is 3.64. The molecular formula is C18H20BrNO. The largest absolute Gasteiger partial charge is 0.453 e. The van der Waals surface area contributed by atoms with Gasteiger partial charge in [0.1, 0.15) is 5.76 Å². The number of hydrogen-bond donors (Lipinski definition) is 0. The van der Waals surface area contributed by atoms with E-state index in [4.69, 9.17) is 4.42 Å². The van der Waals surface area contributed by atoms with E-state index in [0.29, 0.717) is 6.04 Å². The van der Waals surface area contributed by atoms with Crippen LogP contribution in [0.4, 0.5) is 0 Å². The van der Waals surface area contributed by atoms with E-state index < -0.39 is 0 Å². The molecule has 21 heavy (non-hydrogen) atoms. The Morgan fingerprint density at radius 3 is 2.62 bits per heavy atom. The topological polar surface area (TPSA) is 16.4 Å². The third-order valence-corrected chi connectivity index (χ3v) is 5.41. The first-order valence-electron chi connectivity index (χ1n) is 7.83. The highest BCUT2D eigenvalue weighted by atomic mass is 79.9. The molecule has 2 bridgehead atoms. The van der Waals surface area contributed by atoms with Crippen molar-refractivity contribution in [2.24, 2.45) is 5.92 Å². The van der Waals surface area contributed by atoms with Crippen molar-refractivity contribution >= 4 is 15.9 Å². The number of benzene rings is 1. The van der Waals surface area contributed by atoms with Gasteiger partial charge in [-0.25, -0.2) is 0 Å². The maximum absolute atomic E-state index is 5.71. The van der Waals surface area contributed by atoms with Crippen LogP contribution in [0.3, 0.4) is 0 Å². The third-order valence-electron chi connectivity index (χ3n) is 4.99. The summed E-state index contributed by atoms with van der Waals surface area (Å²) in [7, 11) is 0. The monoisotopic (exact) mass is 345 g/mol. The maximum Gasteiger partial charge on any atom is 0.169 e. The summed E-state index contributed by atoms with van der Waals surface area (Å²) in [6.07, 6.45) is 5.12. The molecular weight excluding hydrogens is 326 g/mol. The molecule has 1 aromatic carbocycles. The Morgan fingerprint density at radius 1 is 1.05 bits per heavy atom. The van der Waals surface area contributed by atoms with E-state index in [2.05, 4.69) is 51.2 Å². The van der Waals surface area contributed by atoms with E-state index in [1.54, 1.807) is 11.1 Å². The minimum Gasteiger partial charge on any atom is -0.453 e. The molecule has 0 unspecified atom stereocenters. The summed E-state index contributed by atoms with van der Waals surface area (Å²) in [5.74, 6) is 1.86. The van der Waals surface area contributed by atoms with E-state index >= 15 is 0 Å². The lowest BCUT2D eigenvalue weighted by Gasteiger charge is -2.42. The molecule has 5 rings (SSSR count). The van der Waals surface area contributed by atoms with Crippen LogP contribution in [-0.2, 0) is 19.4 Å². The molecule has 0 radical (unpaired) electrons. The number of hydrogen-bond acceptors (Lipinski definition) is 2.